The second-order valence-electron chi connectivity index (χ2n) is 16.7. The van der Waals surface area contributed by atoms with Crippen LogP contribution >= 0.6 is 0 Å². The average molecular weight is 747 g/mol. The Morgan fingerprint density at radius 3 is 0.630 bits per heavy atom. The third-order valence-corrected chi connectivity index (χ3v) is 15.5. The zero-order chi connectivity index (χ0) is 37.7. The summed E-state index contributed by atoms with van der Waals surface area (Å²) < 4.78 is -11.2. The monoisotopic (exact) mass is 747 g/mol. The number of hydrogen-bond acceptors (Lipinski definition) is 12. The van der Waals surface area contributed by atoms with Gasteiger partial charge in [-0.3, -0.25) is 0 Å². The number of rotatable bonds is 15. The second-order valence-corrected chi connectivity index (χ2v) is 21.6. The first-order valence-corrected chi connectivity index (χ1v) is 17.6. The fraction of sp³-hybridized carbons (Fsp3) is 0.818. The van der Waals surface area contributed by atoms with Gasteiger partial charge in [0.25, 0.3) is 0 Å². The van der Waals surface area contributed by atoms with Gasteiger partial charge in [-0.15, -0.1) is 0 Å². The first-order valence-electron chi connectivity index (χ1n) is 15.0. The van der Waals surface area contributed by atoms with Crippen molar-refractivity contribution < 1.29 is 75.4 Å². The van der Waals surface area contributed by atoms with Crippen molar-refractivity contribution >= 4 is 34.7 Å². The zero-order valence-electron chi connectivity index (χ0n) is 30.1. The van der Waals surface area contributed by atoms with E-state index >= 15 is 0 Å². The predicted molar refractivity (Wildman–Crippen MR) is 165 cm³/mol. The van der Waals surface area contributed by atoms with Crippen LogP contribution in [0.25, 0.3) is 0 Å². The summed E-state index contributed by atoms with van der Waals surface area (Å²) >= 11 is -5.40. The summed E-state index contributed by atoms with van der Waals surface area (Å²) in [6, 6.07) is 0. The number of hydrogen-bond donors (Lipinski definition) is 6. The van der Waals surface area contributed by atoms with E-state index < -0.39 is 116 Å². The fourth-order valence-electron chi connectivity index (χ4n) is 3.60. The minimum absolute atomic E-state index is 0.606. The van der Waals surface area contributed by atoms with Crippen molar-refractivity contribution in [2.24, 2.45) is 32.5 Å². The Morgan fingerprint density at radius 2 is 0.500 bits per heavy atom. The summed E-state index contributed by atoms with van der Waals surface area (Å²) in [6.45, 7) is 19.4. The van der Waals surface area contributed by atoms with Crippen LogP contribution in [0.2, 0.25) is 0 Å². The van der Waals surface area contributed by atoms with Crippen molar-refractivity contribution in [3.63, 3.8) is 0 Å². The first-order chi connectivity index (χ1) is 19.8. The van der Waals surface area contributed by atoms with Crippen LogP contribution in [0.3, 0.4) is 0 Å². The number of Topliss-reactive ketones (excluding diaryl/α,β-unsaturated/α-hetero) is 6. The molecule has 0 saturated carbocycles. The Bertz CT molecular complexity index is 1080. The molecule has 0 heterocycles. The summed E-state index contributed by atoms with van der Waals surface area (Å²) in [4.78, 5) is 78.9. The van der Waals surface area contributed by atoms with Crippen molar-refractivity contribution in [1.82, 2.24) is 0 Å². The molecule has 6 N–H and O–H groups in total. The molecule has 0 aromatic heterocycles. The molecule has 13 heteroatoms. The molecule has 0 aromatic rings. The van der Waals surface area contributed by atoms with E-state index in [0.717, 1.165) is 41.5 Å². The van der Waals surface area contributed by atoms with Crippen LogP contribution in [0.15, 0.2) is 0 Å². The van der Waals surface area contributed by atoms with E-state index in [0.29, 0.717) is 0 Å². The first kappa shape index (κ1) is 44.4. The maximum atomic E-state index is 13.5. The summed E-state index contributed by atoms with van der Waals surface area (Å²) in [5, 5.41) is 71.2. The molecule has 0 aliphatic carbocycles. The van der Waals surface area contributed by atoms with E-state index in [-0.39, 0.29) is 0 Å². The molecular formula is C33H57O12Ru. The molecule has 0 atom stereocenters. The molecule has 0 aliphatic rings. The third-order valence-electron chi connectivity index (χ3n) is 8.64. The Kier molecular flexibility index (Phi) is 12.9. The van der Waals surface area contributed by atoms with Gasteiger partial charge in [0, 0.05) is 0 Å². The third kappa shape index (κ3) is 8.70. The molecule has 0 aromatic carbocycles. The van der Waals surface area contributed by atoms with E-state index in [1.807, 2.05) is 0 Å². The Morgan fingerprint density at radius 1 is 0.348 bits per heavy atom. The molecular weight excluding hydrogens is 689 g/mol. The molecule has 0 aliphatic heterocycles. The number of aliphatic hydroxyl groups is 6. The van der Waals surface area contributed by atoms with Gasteiger partial charge in [0.05, 0.1) is 0 Å². The normalized spacial score (nSPS) is 14.9. The SMILES string of the molecule is CC(C)(C)C(=O)CC(=O)C(C)(C)[C](O)(O)[Ru]([C](O)(O)C(C)(C)C(=O)CC(=O)C(C)(C)C)[C](O)(O)C(C)(C)C(=O)CC(=O)C(C)(C)C. The van der Waals surface area contributed by atoms with Crippen molar-refractivity contribution in [3.8, 4) is 0 Å². The van der Waals surface area contributed by atoms with Gasteiger partial charge in [-0.25, -0.2) is 0 Å². The van der Waals surface area contributed by atoms with Crippen molar-refractivity contribution in [3.05, 3.63) is 0 Å². The van der Waals surface area contributed by atoms with Crippen molar-refractivity contribution in [2.75, 3.05) is 0 Å². The number of carbonyl (C=O) groups excluding carboxylic acids is 6. The Labute approximate surface area is 278 Å². The quantitative estimate of drug-likeness (QED) is 0.0807. The van der Waals surface area contributed by atoms with E-state index in [1.54, 1.807) is 0 Å². The van der Waals surface area contributed by atoms with Gasteiger partial charge in [0.2, 0.25) is 0 Å². The van der Waals surface area contributed by atoms with Gasteiger partial charge in [0.15, 0.2) is 0 Å². The fourth-order valence-corrected chi connectivity index (χ4v) is 10.1. The maximum absolute atomic E-state index is 13.5. The zero-order valence-corrected chi connectivity index (χ0v) is 31.8. The van der Waals surface area contributed by atoms with Crippen molar-refractivity contribution in [1.29, 1.82) is 0 Å². The Hall–Kier alpha value is -1.60. The topological polar surface area (TPSA) is 224 Å². The molecule has 269 valence electrons. The molecule has 0 amide bonds. The predicted octanol–water partition coefficient (Wildman–Crippen LogP) is 2.32. The van der Waals surface area contributed by atoms with Crippen LogP contribution in [0, 0.1) is 32.5 Å². The molecule has 0 rings (SSSR count). The van der Waals surface area contributed by atoms with Crippen molar-refractivity contribution in [2.45, 2.75) is 136 Å². The van der Waals surface area contributed by atoms with Gasteiger partial charge in [-0.05, 0) is 0 Å². The standard InChI is InChI=1S/3C11H19O4.Ru/c3*1-10(2,3)7(12)6-8(13)11(4,5)9(14)15;/h3*14-15H,6H2,1-5H3;. The minimum atomic E-state index is -5.40. The van der Waals surface area contributed by atoms with Crippen LogP contribution in [-0.4, -0.2) is 78.5 Å². The molecule has 0 spiro atoms. The number of ketones is 6. The molecule has 0 unspecified atom stereocenters. The number of carbonyl (C=O) groups is 6. The van der Waals surface area contributed by atoms with Gasteiger partial charge in [-0.1, -0.05) is 0 Å². The average Bonchev–Trinajstić information content (AvgIpc) is 2.80. The van der Waals surface area contributed by atoms with Crippen LogP contribution < -0.4 is 0 Å². The van der Waals surface area contributed by atoms with E-state index in [9.17, 15) is 59.4 Å². The van der Waals surface area contributed by atoms with E-state index in [1.165, 1.54) is 62.3 Å². The van der Waals surface area contributed by atoms with E-state index in [4.69, 9.17) is 0 Å². The summed E-state index contributed by atoms with van der Waals surface area (Å²) in [5.74, 6) is -5.14. The summed E-state index contributed by atoms with van der Waals surface area (Å²) in [5.41, 5.74) is -10.7. The van der Waals surface area contributed by atoms with Crippen LogP contribution in [0.5, 0.6) is 0 Å². The van der Waals surface area contributed by atoms with Gasteiger partial charge in [0.1, 0.15) is 0 Å². The van der Waals surface area contributed by atoms with Gasteiger partial charge >= 0.3 is 279 Å². The Balaban J connectivity index is 7.66. The summed E-state index contributed by atoms with van der Waals surface area (Å²) in [7, 11) is 0. The van der Waals surface area contributed by atoms with Crippen LogP contribution in [0.1, 0.15) is 123 Å². The molecule has 46 heavy (non-hydrogen) atoms. The van der Waals surface area contributed by atoms with Crippen LogP contribution in [-0.2, 0) is 44.7 Å². The van der Waals surface area contributed by atoms with Gasteiger partial charge < -0.3 is 0 Å². The van der Waals surface area contributed by atoms with Crippen LogP contribution in [0.4, 0.5) is 0 Å². The molecule has 12 nitrogen and oxygen atoms in total. The molecule has 0 bridgehead atoms. The molecule has 0 fully saturated rings. The van der Waals surface area contributed by atoms with E-state index in [2.05, 4.69) is 0 Å². The molecule has 0 radical (unpaired) electrons. The molecule has 0 saturated heterocycles. The van der Waals surface area contributed by atoms with Gasteiger partial charge in [-0.2, -0.15) is 0 Å². The second kappa shape index (κ2) is 13.4. The summed E-state index contributed by atoms with van der Waals surface area (Å²) in [6.07, 6.45) is -2.54.